The number of nitrogens with zero attached hydrogens (tertiary/aromatic N) is 1. The number of hydrogen-bond donors (Lipinski definition) is 1. The molecule has 0 spiro atoms. The van der Waals surface area contributed by atoms with Crippen molar-refractivity contribution in [3.05, 3.63) is 66.2 Å². The molecule has 102 valence electrons. The van der Waals surface area contributed by atoms with Crippen LogP contribution in [-0.4, -0.2) is 15.6 Å². The summed E-state index contributed by atoms with van der Waals surface area (Å²) >= 11 is 0. The summed E-state index contributed by atoms with van der Waals surface area (Å²) in [6, 6.07) is 18.0. The highest BCUT2D eigenvalue weighted by Crippen LogP contribution is 2.37. The van der Waals surface area contributed by atoms with Crippen LogP contribution >= 0.6 is 0 Å². The van der Waals surface area contributed by atoms with E-state index in [9.17, 15) is 9.90 Å². The molecule has 3 heteroatoms. The lowest BCUT2D eigenvalue weighted by molar-refractivity contribution is -0.137. The molecule has 1 aliphatic heterocycles. The molecule has 1 atom stereocenters. The predicted octanol–water partition coefficient (Wildman–Crippen LogP) is 3.96. The molecule has 1 unspecified atom stereocenters. The lowest BCUT2D eigenvalue weighted by Crippen LogP contribution is -2.09. The van der Waals surface area contributed by atoms with E-state index < -0.39 is 11.9 Å². The van der Waals surface area contributed by atoms with Gasteiger partial charge in [0.25, 0.3) is 0 Å². The van der Waals surface area contributed by atoms with Crippen molar-refractivity contribution in [3.8, 4) is 11.3 Å². The van der Waals surface area contributed by atoms with Gasteiger partial charge in [0, 0.05) is 17.1 Å². The van der Waals surface area contributed by atoms with E-state index in [1.54, 1.807) is 6.08 Å². The molecule has 0 fully saturated rings. The molecule has 1 N–H and O–H groups in total. The van der Waals surface area contributed by atoms with Crippen LogP contribution < -0.4 is 0 Å². The first-order valence-corrected chi connectivity index (χ1v) is 6.86. The first kappa shape index (κ1) is 12.0. The first-order chi connectivity index (χ1) is 10.3. The number of carboxylic acids is 1. The summed E-state index contributed by atoms with van der Waals surface area (Å²) in [5.74, 6) is -1.44. The Labute approximate surface area is 121 Å². The third-order valence-electron chi connectivity index (χ3n) is 4.01. The molecule has 3 aromatic rings. The second-order valence-electron chi connectivity index (χ2n) is 5.20. The molecule has 2 heterocycles. The molecule has 1 aromatic heterocycles. The lowest BCUT2D eigenvalue weighted by atomic mass is 9.93. The molecule has 2 aromatic carbocycles. The molecule has 0 aliphatic carbocycles. The average molecular weight is 275 g/mol. The minimum absolute atomic E-state index is 0.611. The number of para-hydroxylation sites is 1. The van der Waals surface area contributed by atoms with Crippen molar-refractivity contribution in [1.82, 2.24) is 4.57 Å². The molecule has 0 amide bonds. The highest BCUT2D eigenvalue weighted by molar-refractivity contribution is 5.93. The minimum Gasteiger partial charge on any atom is -0.481 e. The van der Waals surface area contributed by atoms with Crippen LogP contribution in [0, 0.1) is 0 Å². The smallest absolute Gasteiger partial charge is 0.314 e. The summed E-state index contributed by atoms with van der Waals surface area (Å²) in [6.45, 7) is 0. The topological polar surface area (TPSA) is 42.2 Å². The van der Waals surface area contributed by atoms with Crippen LogP contribution in [0.15, 0.2) is 60.7 Å². The second-order valence-corrected chi connectivity index (χ2v) is 5.20. The fourth-order valence-electron chi connectivity index (χ4n) is 3.04. The maximum absolute atomic E-state index is 11.5. The Hall–Kier alpha value is -2.81. The molecule has 0 bridgehead atoms. The van der Waals surface area contributed by atoms with Crippen LogP contribution in [0.4, 0.5) is 0 Å². The third-order valence-corrected chi connectivity index (χ3v) is 4.01. The number of hydrogen-bond acceptors (Lipinski definition) is 1. The predicted molar refractivity (Wildman–Crippen MR) is 83.1 cm³/mol. The fraction of sp³-hybridized carbons (Fsp3) is 0.0556. The van der Waals surface area contributed by atoms with Gasteiger partial charge in [-0.25, -0.2) is 0 Å². The molecule has 4 rings (SSSR count). The SMILES string of the molecule is O=C(O)C1C=Cn2c(cc3ccccc32)-c2ccccc21. The van der Waals surface area contributed by atoms with Gasteiger partial charge in [-0.3, -0.25) is 4.79 Å². The number of carboxylic acid groups (broad SMARTS) is 1. The Bertz CT molecular complexity index is 889. The molecule has 3 nitrogen and oxygen atoms in total. The van der Waals surface area contributed by atoms with Gasteiger partial charge in [-0.1, -0.05) is 42.5 Å². The monoisotopic (exact) mass is 275 g/mol. The summed E-state index contributed by atoms with van der Waals surface area (Å²) in [7, 11) is 0. The molecule has 0 radical (unpaired) electrons. The van der Waals surface area contributed by atoms with Gasteiger partial charge in [-0.05, 0) is 23.8 Å². The maximum Gasteiger partial charge on any atom is 0.314 e. The Balaban J connectivity index is 2.09. The van der Waals surface area contributed by atoms with Crippen LogP contribution in [0.5, 0.6) is 0 Å². The van der Waals surface area contributed by atoms with Gasteiger partial charge in [0.15, 0.2) is 0 Å². The maximum atomic E-state index is 11.5. The van der Waals surface area contributed by atoms with E-state index in [1.807, 2.05) is 48.7 Å². The van der Waals surface area contributed by atoms with Crippen molar-refractivity contribution in [1.29, 1.82) is 0 Å². The largest absolute Gasteiger partial charge is 0.481 e. The van der Waals surface area contributed by atoms with Crippen molar-refractivity contribution in [2.24, 2.45) is 0 Å². The lowest BCUT2D eigenvalue weighted by Gasteiger charge is -2.11. The van der Waals surface area contributed by atoms with Crippen molar-refractivity contribution in [2.75, 3.05) is 0 Å². The standard InChI is InChI=1S/C18H13NO2/c20-18(21)15-9-10-19-16-8-4-1-5-12(16)11-17(19)14-7-3-2-6-13(14)15/h1-11,15H,(H,20,21). The zero-order valence-electron chi connectivity index (χ0n) is 11.2. The van der Waals surface area contributed by atoms with Crippen LogP contribution in [0.25, 0.3) is 28.4 Å². The fourth-order valence-corrected chi connectivity index (χ4v) is 3.04. The van der Waals surface area contributed by atoms with Crippen LogP contribution in [0.2, 0.25) is 0 Å². The van der Waals surface area contributed by atoms with Gasteiger partial charge < -0.3 is 9.67 Å². The quantitative estimate of drug-likeness (QED) is 0.730. The zero-order chi connectivity index (χ0) is 14.4. The van der Waals surface area contributed by atoms with Gasteiger partial charge in [0.05, 0.1) is 11.2 Å². The number of rotatable bonds is 1. The number of aromatic nitrogens is 1. The molecule has 21 heavy (non-hydrogen) atoms. The molecule has 0 saturated heterocycles. The number of fused-ring (bicyclic) bond motifs is 5. The normalized spacial score (nSPS) is 16.3. The first-order valence-electron chi connectivity index (χ1n) is 6.86. The summed E-state index contributed by atoms with van der Waals surface area (Å²) in [5.41, 5.74) is 3.94. The van der Waals surface area contributed by atoms with Gasteiger partial charge >= 0.3 is 5.97 Å². The number of carbonyl (C=O) groups is 1. The number of benzene rings is 2. The van der Waals surface area contributed by atoms with Crippen molar-refractivity contribution in [2.45, 2.75) is 5.92 Å². The van der Waals surface area contributed by atoms with E-state index in [2.05, 4.69) is 16.7 Å². The molecular weight excluding hydrogens is 262 g/mol. The molecule has 1 aliphatic rings. The zero-order valence-corrected chi connectivity index (χ0v) is 11.2. The Morgan fingerprint density at radius 1 is 1.05 bits per heavy atom. The van der Waals surface area contributed by atoms with E-state index >= 15 is 0 Å². The van der Waals surface area contributed by atoms with E-state index in [0.717, 1.165) is 27.7 Å². The van der Waals surface area contributed by atoms with E-state index in [1.165, 1.54) is 0 Å². The average Bonchev–Trinajstić information content (AvgIpc) is 2.78. The highest BCUT2D eigenvalue weighted by atomic mass is 16.4. The Kier molecular flexibility index (Phi) is 2.48. The van der Waals surface area contributed by atoms with Crippen LogP contribution in [-0.2, 0) is 4.79 Å². The van der Waals surface area contributed by atoms with Crippen molar-refractivity contribution >= 4 is 23.1 Å². The highest BCUT2D eigenvalue weighted by Gasteiger charge is 2.24. The van der Waals surface area contributed by atoms with Gasteiger partial charge in [-0.2, -0.15) is 0 Å². The molecular formula is C18H13NO2. The van der Waals surface area contributed by atoms with Crippen molar-refractivity contribution < 1.29 is 9.90 Å². The van der Waals surface area contributed by atoms with Crippen LogP contribution in [0.3, 0.4) is 0 Å². The summed E-state index contributed by atoms with van der Waals surface area (Å²) in [6.07, 6.45) is 3.63. The van der Waals surface area contributed by atoms with Crippen molar-refractivity contribution in [3.63, 3.8) is 0 Å². The van der Waals surface area contributed by atoms with E-state index in [4.69, 9.17) is 0 Å². The van der Waals surface area contributed by atoms with Gasteiger partial charge in [-0.15, -0.1) is 0 Å². The third kappa shape index (κ3) is 1.71. The Morgan fingerprint density at radius 2 is 1.81 bits per heavy atom. The number of aliphatic carboxylic acids is 1. The summed E-state index contributed by atoms with van der Waals surface area (Å²) < 4.78 is 2.07. The Morgan fingerprint density at radius 3 is 2.67 bits per heavy atom. The van der Waals surface area contributed by atoms with Gasteiger partial charge in [0.1, 0.15) is 5.92 Å². The second kappa shape index (κ2) is 4.35. The minimum atomic E-state index is -0.825. The molecule has 0 saturated carbocycles. The summed E-state index contributed by atoms with van der Waals surface area (Å²) in [4.78, 5) is 11.5. The van der Waals surface area contributed by atoms with Gasteiger partial charge in [0.2, 0.25) is 0 Å². The van der Waals surface area contributed by atoms with Crippen LogP contribution in [0.1, 0.15) is 11.5 Å². The van der Waals surface area contributed by atoms with E-state index in [-0.39, 0.29) is 0 Å². The summed E-state index contributed by atoms with van der Waals surface area (Å²) in [5, 5.41) is 10.6. The van der Waals surface area contributed by atoms with E-state index in [0.29, 0.717) is 0 Å².